The van der Waals surface area contributed by atoms with E-state index in [4.69, 9.17) is 5.73 Å². The monoisotopic (exact) mass is 314 g/mol. The first kappa shape index (κ1) is 14.8. The molecule has 5 heteroatoms. The zero-order chi connectivity index (χ0) is 15.5. The molecule has 0 spiro atoms. The van der Waals surface area contributed by atoms with Gasteiger partial charge in [0.2, 0.25) is 0 Å². The third-order valence-corrected chi connectivity index (χ3v) is 5.15. The minimum absolute atomic E-state index is 0.174. The van der Waals surface area contributed by atoms with E-state index in [2.05, 4.69) is 5.32 Å². The molecule has 1 aromatic carbocycles. The molecule has 0 bridgehead atoms. The zero-order valence-corrected chi connectivity index (χ0v) is 13.0. The van der Waals surface area contributed by atoms with Crippen LogP contribution in [0.4, 0.5) is 5.69 Å². The van der Waals surface area contributed by atoms with Crippen molar-refractivity contribution in [2.75, 3.05) is 5.32 Å². The molecule has 1 aliphatic carbocycles. The van der Waals surface area contributed by atoms with Gasteiger partial charge in [-0.25, -0.2) is 0 Å². The van der Waals surface area contributed by atoms with Gasteiger partial charge in [0.1, 0.15) is 0 Å². The minimum atomic E-state index is -0.544. The molecule has 22 heavy (non-hydrogen) atoms. The zero-order valence-electron chi connectivity index (χ0n) is 12.2. The van der Waals surface area contributed by atoms with Gasteiger partial charge in [-0.2, -0.15) is 0 Å². The number of benzene rings is 1. The van der Waals surface area contributed by atoms with Gasteiger partial charge in [0, 0.05) is 4.88 Å². The second-order valence-corrected chi connectivity index (χ2v) is 6.62. The normalized spacial score (nSPS) is 14.0. The second-order valence-electron chi connectivity index (χ2n) is 5.48. The number of anilines is 1. The largest absolute Gasteiger partial charge is 0.366 e. The molecule has 2 aromatic rings. The molecule has 1 aliphatic rings. The van der Waals surface area contributed by atoms with E-state index in [-0.39, 0.29) is 5.91 Å². The Morgan fingerprint density at radius 3 is 2.68 bits per heavy atom. The lowest BCUT2D eigenvalue weighted by atomic mass is 10.1. The van der Waals surface area contributed by atoms with Gasteiger partial charge in [-0.1, -0.05) is 18.6 Å². The van der Waals surface area contributed by atoms with Crippen LogP contribution in [-0.4, -0.2) is 11.8 Å². The Labute approximate surface area is 133 Å². The summed E-state index contributed by atoms with van der Waals surface area (Å²) < 4.78 is 0. The van der Waals surface area contributed by atoms with E-state index >= 15 is 0 Å². The maximum Gasteiger partial charge on any atom is 0.265 e. The highest BCUT2D eigenvalue weighted by Gasteiger charge is 2.18. The number of thiophene rings is 1. The summed E-state index contributed by atoms with van der Waals surface area (Å²) in [6.45, 7) is 0. The van der Waals surface area contributed by atoms with Gasteiger partial charge in [0.15, 0.2) is 0 Å². The van der Waals surface area contributed by atoms with Crippen molar-refractivity contribution in [1.29, 1.82) is 0 Å². The van der Waals surface area contributed by atoms with Gasteiger partial charge in [0.05, 0.1) is 16.1 Å². The van der Waals surface area contributed by atoms with Crippen molar-refractivity contribution < 1.29 is 9.59 Å². The summed E-state index contributed by atoms with van der Waals surface area (Å²) in [7, 11) is 0. The highest BCUT2D eigenvalue weighted by molar-refractivity contribution is 7.14. The number of rotatable bonds is 3. The first-order chi connectivity index (χ1) is 10.6. The number of para-hydroxylation sites is 1. The van der Waals surface area contributed by atoms with Gasteiger partial charge >= 0.3 is 0 Å². The fourth-order valence-electron chi connectivity index (χ4n) is 2.77. The third kappa shape index (κ3) is 3.04. The maximum absolute atomic E-state index is 12.4. The molecule has 2 amide bonds. The molecular weight excluding hydrogens is 296 g/mol. The quantitative estimate of drug-likeness (QED) is 0.853. The van der Waals surface area contributed by atoms with Crippen LogP contribution >= 0.6 is 11.3 Å². The van der Waals surface area contributed by atoms with E-state index < -0.39 is 5.91 Å². The molecule has 114 valence electrons. The van der Waals surface area contributed by atoms with Crippen LogP contribution in [0.25, 0.3) is 0 Å². The second kappa shape index (κ2) is 6.32. The van der Waals surface area contributed by atoms with Crippen molar-refractivity contribution in [3.05, 3.63) is 51.2 Å². The highest BCUT2D eigenvalue weighted by Crippen LogP contribution is 2.29. The number of hydrogen-bond acceptors (Lipinski definition) is 3. The fourth-order valence-corrected chi connectivity index (χ4v) is 3.92. The van der Waals surface area contributed by atoms with Crippen molar-refractivity contribution in [3.8, 4) is 0 Å². The number of hydrogen-bond donors (Lipinski definition) is 2. The minimum Gasteiger partial charge on any atom is -0.366 e. The maximum atomic E-state index is 12.4. The molecule has 3 rings (SSSR count). The Hall–Kier alpha value is -2.14. The molecule has 0 fully saturated rings. The van der Waals surface area contributed by atoms with Crippen molar-refractivity contribution in [1.82, 2.24) is 0 Å². The van der Waals surface area contributed by atoms with Crippen LogP contribution in [-0.2, 0) is 12.8 Å². The van der Waals surface area contributed by atoms with Crippen LogP contribution in [0.15, 0.2) is 30.3 Å². The predicted octanol–water partition coefficient (Wildman–Crippen LogP) is 3.37. The van der Waals surface area contributed by atoms with Gasteiger partial charge < -0.3 is 11.1 Å². The smallest absolute Gasteiger partial charge is 0.265 e. The van der Waals surface area contributed by atoms with Crippen molar-refractivity contribution >= 4 is 28.8 Å². The van der Waals surface area contributed by atoms with Gasteiger partial charge in [0.25, 0.3) is 11.8 Å². The van der Waals surface area contributed by atoms with E-state index in [0.29, 0.717) is 16.1 Å². The molecule has 0 radical (unpaired) electrons. The van der Waals surface area contributed by atoms with Crippen LogP contribution in [0.3, 0.4) is 0 Å². The number of primary amides is 1. The summed E-state index contributed by atoms with van der Waals surface area (Å²) >= 11 is 1.56. The average molecular weight is 314 g/mol. The van der Waals surface area contributed by atoms with Crippen LogP contribution in [0, 0.1) is 0 Å². The molecule has 3 N–H and O–H groups in total. The van der Waals surface area contributed by atoms with Crippen molar-refractivity contribution in [3.63, 3.8) is 0 Å². The molecule has 1 aromatic heterocycles. The number of amides is 2. The predicted molar refractivity (Wildman–Crippen MR) is 88.5 cm³/mol. The summed E-state index contributed by atoms with van der Waals surface area (Å²) in [6.07, 6.45) is 5.76. The lowest BCUT2D eigenvalue weighted by molar-refractivity contribution is 0.100. The number of nitrogens with two attached hydrogens (primary N) is 1. The van der Waals surface area contributed by atoms with Gasteiger partial charge in [-0.15, -0.1) is 11.3 Å². The van der Waals surface area contributed by atoms with E-state index in [1.54, 1.807) is 35.6 Å². The van der Waals surface area contributed by atoms with E-state index in [0.717, 1.165) is 12.8 Å². The molecule has 0 saturated carbocycles. The number of aryl methyl sites for hydroxylation is 2. The lowest BCUT2D eigenvalue weighted by Gasteiger charge is -2.07. The van der Waals surface area contributed by atoms with E-state index in [1.165, 1.54) is 29.7 Å². The SMILES string of the molecule is NC(=O)c1ccccc1NC(=O)c1cc2c(s1)CCCCC2. The first-order valence-electron chi connectivity index (χ1n) is 7.47. The van der Waals surface area contributed by atoms with Crippen LogP contribution in [0.1, 0.15) is 49.7 Å². The van der Waals surface area contributed by atoms with Crippen LogP contribution < -0.4 is 11.1 Å². The topological polar surface area (TPSA) is 72.2 Å². The number of fused-ring (bicyclic) bond motifs is 1. The molecule has 4 nitrogen and oxygen atoms in total. The standard InChI is InChI=1S/C17H18N2O2S/c18-16(20)12-7-4-5-8-13(12)19-17(21)15-10-11-6-2-1-3-9-14(11)22-15/h4-5,7-8,10H,1-3,6,9H2,(H2,18,20)(H,19,21). The number of nitrogens with one attached hydrogen (secondary N) is 1. The summed E-state index contributed by atoms with van der Waals surface area (Å²) in [5.74, 6) is -0.718. The van der Waals surface area contributed by atoms with Crippen molar-refractivity contribution in [2.45, 2.75) is 32.1 Å². The molecule has 0 unspecified atom stereocenters. The van der Waals surface area contributed by atoms with Gasteiger partial charge in [-0.3, -0.25) is 9.59 Å². The van der Waals surface area contributed by atoms with E-state index in [9.17, 15) is 9.59 Å². The fraction of sp³-hybridized carbons (Fsp3) is 0.294. The summed E-state index contributed by atoms with van der Waals surface area (Å²) in [5.41, 5.74) is 7.43. The molecule has 0 aliphatic heterocycles. The molecular formula is C17H18N2O2S. The van der Waals surface area contributed by atoms with Crippen molar-refractivity contribution in [2.24, 2.45) is 5.73 Å². The Kier molecular flexibility index (Phi) is 4.24. The highest BCUT2D eigenvalue weighted by atomic mass is 32.1. The number of carbonyl (C=O) groups excluding carboxylic acids is 2. The van der Waals surface area contributed by atoms with E-state index in [1.807, 2.05) is 6.07 Å². The Bertz CT molecular complexity index is 698. The third-order valence-electron chi connectivity index (χ3n) is 3.91. The Morgan fingerprint density at radius 1 is 1.09 bits per heavy atom. The summed E-state index contributed by atoms with van der Waals surface area (Å²) in [4.78, 5) is 25.9. The average Bonchev–Trinajstić information content (AvgIpc) is 2.79. The lowest BCUT2D eigenvalue weighted by Crippen LogP contribution is -2.17. The molecule has 0 saturated heterocycles. The van der Waals surface area contributed by atoms with Crippen LogP contribution in [0.5, 0.6) is 0 Å². The Balaban J connectivity index is 1.82. The summed E-state index contributed by atoms with van der Waals surface area (Å²) in [5, 5.41) is 2.80. The van der Waals surface area contributed by atoms with Gasteiger partial charge in [-0.05, 0) is 49.4 Å². The molecule has 1 heterocycles. The first-order valence-corrected chi connectivity index (χ1v) is 8.28. The number of carbonyl (C=O) groups is 2. The summed E-state index contributed by atoms with van der Waals surface area (Å²) in [6, 6.07) is 8.79. The Morgan fingerprint density at radius 2 is 1.86 bits per heavy atom. The molecule has 0 atom stereocenters. The van der Waals surface area contributed by atoms with Crippen LogP contribution in [0.2, 0.25) is 0 Å².